The molecule has 13 heavy (non-hydrogen) atoms. The Hall–Kier alpha value is -1.78. The summed E-state index contributed by atoms with van der Waals surface area (Å²) in [6.07, 6.45) is -1.04. The molecule has 0 aliphatic rings. The number of rotatable bonds is 3. The quantitative estimate of drug-likeness (QED) is 0.330. The number of nitro groups is 1. The Morgan fingerprint density at radius 2 is 2.00 bits per heavy atom. The topological polar surface area (TPSA) is 78.4 Å². The molecule has 0 spiro atoms. The van der Waals surface area contributed by atoms with Gasteiger partial charge in [-0.3, -0.25) is 10.1 Å². The first-order valence-electron chi connectivity index (χ1n) is 3.75. The van der Waals surface area contributed by atoms with Crippen molar-refractivity contribution < 1.29 is 9.66 Å². The third-order valence-corrected chi connectivity index (χ3v) is 1.48. The maximum absolute atomic E-state index is 10.2. The summed E-state index contributed by atoms with van der Waals surface area (Å²) in [5.41, 5.74) is 6.03. The highest BCUT2D eigenvalue weighted by Gasteiger charge is 2.13. The van der Waals surface area contributed by atoms with Crippen molar-refractivity contribution >= 4 is 5.69 Å². The molecule has 0 bridgehead atoms. The number of nitrogens with two attached hydrogens (primary N) is 1. The highest BCUT2D eigenvalue weighted by Crippen LogP contribution is 2.14. The largest absolute Gasteiger partial charge is 0.430 e. The van der Waals surface area contributed by atoms with Crippen molar-refractivity contribution in [3.8, 4) is 5.75 Å². The van der Waals surface area contributed by atoms with Crippen molar-refractivity contribution in [2.24, 2.45) is 0 Å². The van der Waals surface area contributed by atoms with Crippen molar-refractivity contribution in [1.29, 1.82) is 0 Å². The summed E-state index contributed by atoms with van der Waals surface area (Å²) < 4.78 is 4.98. The molecule has 0 aromatic heterocycles. The van der Waals surface area contributed by atoms with E-state index in [2.05, 4.69) is 0 Å². The molecule has 0 radical (unpaired) electrons. The van der Waals surface area contributed by atoms with Gasteiger partial charge in [-0.05, 0) is 24.3 Å². The first-order chi connectivity index (χ1) is 6.09. The summed E-state index contributed by atoms with van der Waals surface area (Å²) in [5.74, 6) is 0.443. The molecule has 0 amide bonds. The Balaban J connectivity index is 2.64. The minimum absolute atomic E-state index is 0.443. The third kappa shape index (κ3) is 2.62. The Labute approximate surface area is 75.3 Å². The van der Waals surface area contributed by atoms with Gasteiger partial charge in [-0.2, -0.15) is 0 Å². The van der Waals surface area contributed by atoms with E-state index in [-0.39, 0.29) is 0 Å². The van der Waals surface area contributed by atoms with Crippen molar-refractivity contribution in [1.82, 2.24) is 0 Å². The molecule has 70 valence electrons. The van der Waals surface area contributed by atoms with Gasteiger partial charge in [0.05, 0.1) is 4.92 Å². The highest BCUT2D eigenvalue weighted by atomic mass is 16.7. The second kappa shape index (κ2) is 3.75. The van der Waals surface area contributed by atoms with Gasteiger partial charge in [0, 0.05) is 12.6 Å². The molecule has 1 atom stereocenters. The molecule has 0 fully saturated rings. The highest BCUT2D eigenvalue weighted by molar-refractivity contribution is 5.41. The number of hydrogen-bond acceptors (Lipinski definition) is 4. The zero-order valence-electron chi connectivity index (χ0n) is 7.14. The Morgan fingerprint density at radius 3 is 2.46 bits per heavy atom. The van der Waals surface area contributed by atoms with Crippen LogP contribution in [-0.2, 0) is 0 Å². The summed E-state index contributed by atoms with van der Waals surface area (Å²) >= 11 is 0. The number of nitrogens with zero attached hydrogens (tertiary/aromatic N) is 1. The molecule has 1 unspecified atom stereocenters. The Bertz CT molecular complexity index is 297. The molecule has 5 heteroatoms. The zero-order chi connectivity index (χ0) is 9.84. The number of hydrogen-bond donors (Lipinski definition) is 1. The number of benzene rings is 1. The maximum atomic E-state index is 10.2. The van der Waals surface area contributed by atoms with E-state index >= 15 is 0 Å². The predicted octanol–water partition coefficient (Wildman–Crippen LogP) is 1.27. The van der Waals surface area contributed by atoms with Gasteiger partial charge >= 0.3 is 6.23 Å². The van der Waals surface area contributed by atoms with Crippen molar-refractivity contribution in [2.75, 3.05) is 5.73 Å². The van der Waals surface area contributed by atoms with Crippen LogP contribution in [0, 0.1) is 10.1 Å². The summed E-state index contributed by atoms with van der Waals surface area (Å²) in [6, 6.07) is 6.44. The van der Waals surface area contributed by atoms with Gasteiger partial charge in [0.15, 0.2) is 0 Å². The summed E-state index contributed by atoms with van der Waals surface area (Å²) in [4.78, 5) is 9.72. The van der Waals surface area contributed by atoms with Crippen LogP contribution in [-0.4, -0.2) is 11.2 Å². The molecule has 1 aromatic rings. The lowest BCUT2D eigenvalue weighted by Crippen LogP contribution is -2.21. The van der Waals surface area contributed by atoms with E-state index in [0.717, 1.165) is 0 Å². The van der Waals surface area contributed by atoms with E-state index < -0.39 is 11.2 Å². The fraction of sp³-hybridized carbons (Fsp3) is 0.250. The van der Waals surface area contributed by atoms with Crippen LogP contribution in [0.4, 0.5) is 5.69 Å². The van der Waals surface area contributed by atoms with E-state index in [4.69, 9.17) is 10.5 Å². The second-order valence-corrected chi connectivity index (χ2v) is 2.57. The number of ether oxygens (including phenoxy) is 1. The van der Waals surface area contributed by atoms with Crippen molar-refractivity contribution in [3.63, 3.8) is 0 Å². The molecule has 0 aliphatic carbocycles. The molecule has 0 heterocycles. The molecule has 0 aliphatic heterocycles. The lowest BCUT2D eigenvalue weighted by atomic mass is 10.3. The molecule has 5 nitrogen and oxygen atoms in total. The molecule has 2 N–H and O–H groups in total. The molecular weight excluding hydrogens is 172 g/mol. The maximum Gasteiger partial charge on any atom is 0.350 e. The van der Waals surface area contributed by atoms with Crippen molar-refractivity contribution in [3.05, 3.63) is 34.4 Å². The van der Waals surface area contributed by atoms with Crippen LogP contribution in [0.25, 0.3) is 0 Å². The van der Waals surface area contributed by atoms with Crippen LogP contribution < -0.4 is 10.5 Å². The van der Waals surface area contributed by atoms with Crippen LogP contribution in [0.5, 0.6) is 5.75 Å². The zero-order valence-corrected chi connectivity index (χ0v) is 7.14. The molecule has 0 saturated carbocycles. The SMILES string of the molecule is CC(Oc1ccc(N)cc1)[N+](=O)[O-]. The second-order valence-electron chi connectivity index (χ2n) is 2.57. The van der Waals surface area contributed by atoms with Crippen LogP contribution in [0.15, 0.2) is 24.3 Å². The van der Waals surface area contributed by atoms with E-state index in [0.29, 0.717) is 11.4 Å². The van der Waals surface area contributed by atoms with Gasteiger partial charge in [-0.1, -0.05) is 0 Å². The Kier molecular flexibility index (Phi) is 2.69. The van der Waals surface area contributed by atoms with E-state index in [1.807, 2.05) is 0 Å². The minimum Gasteiger partial charge on any atom is -0.430 e. The summed E-state index contributed by atoms with van der Waals surface area (Å²) in [6.45, 7) is 1.37. The van der Waals surface area contributed by atoms with Gasteiger partial charge in [-0.25, -0.2) is 0 Å². The predicted molar refractivity (Wildman–Crippen MR) is 47.9 cm³/mol. The molecular formula is C8H10N2O3. The number of nitrogen functional groups attached to an aromatic ring is 1. The molecule has 1 rings (SSSR count). The lowest BCUT2D eigenvalue weighted by molar-refractivity contribution is -0.557. The van der Waals surface area contributed by atoms with Crippen LogP contribution in [0.1, 0.15) is 6.92 Å². The molecule has 0 saturated heterocycles. The average Bonchev–Trinajstić information content (AvgIpc) is 2.08. The van der Waals surface area contributed by atoms with E-state index in [1.165, 1.54) is 6.92 Å². The van der Waals surface area contributed by atoms with Gasteiger partial charge in [0.2, 0.25) is 0 Å². The standard InChI is InChI=1S/C8H10N2O3/c1-6(10(11)12)13-8-4-2-7(9)3-5-8/h2-6H,9H2,1H3. The smallest absolute Gasteiger partial charge is 0.350 e. The molecule has 1 aromatic carbocycles. The van der Waals surface area contributed by atoms with Gasteiger partial charge in [-0.15, -0.1) is 0 Å². The third-order valence-electron chi connectivity index (χ3n) is 1.48. The first-order valence-corrected chi connectivity index (χ1v) is 3.75. The van der Waals surface area contributed by atoms with Crippen LogP contribution in [0.3, 0.4) is 0 Å². The lowest BCUT2D eigenvalue weighted by Gasteiger charge is -2.06. The van der Waals surface area contributed by atoms with Gasteiger partial charge < -0.3 is 10.5 Å². The normalized spacial score (nSPS) is 12.1. The summed E-state index contributed by atoms with van der Waals surface area (Å²) in [5, 5.41) is 10.2. The van der Waals surface area contributed by atoms with Crippen LogP contribution in [0.2, 0.25) is 0 Å². The Morgan fingerprint density at radius 1 is 1.46 bits per heavy atom. The minimum atomic E-state index is -1.04. The van der Waals surface area contributed by atoms with Crippen LogP contribution >= 0.6 is 0 Å². The van der Waals surface area contributed by atoms with E-state index in [9.17, 15) is 10.1 Å². The van der Waals surface area contributed by atoms with Gasteiger partial charge in [0.1, 0.15) is 5.75 Å². The monoisotopic (exact) mass is 182 g/mol. The fourth-order valence-electron chi connectivity index (χ4n) is 0.786. The number of anilines is 1. The van der Waals surface area contributed by atoms with Crippen molar-refractivity contribution in [2.45, 2.75) is 13.2 Å². The summed E-state index contributed by atoms with van der Waals surface area (Å²) in [7, 11) is 0. The van der Waals surface area contributed by atoms with E-state index in [1.54, 1.807) is 24.3 Å². The first kappa shape index (κ1) is 9.31. The fourth-order valence-corrected chi connectivity index (χ4v) is 0.786. The average molecular weight is 182 g/mol. The van der Waals surface area contributed by atoms with Gasteiger partial charge in [0.25, 0.3) is 0 Å².